The maximum atomic E-state index is 11.7. The van der Waals surface area contributed by atoms with Crippen LogP contribution in [0, 0.1) is 0 Å². The van der Waals surface area contributed by atoms with Gasteiger partial charge in [-0.25, -0.2) is 0 Å². The van der Waals surface area contributed by atoms with Gasteiger partial charge in [-0.2, -0.15) is 0 Å². The summed E-state index contributed by atoms with van der Waals surface area (Å²) in [5.74, 6) is 0.147. The van der Waals surface area contributed by atoms with Gasteiger partial charge in [-0.15, -0.1) is 6.58 Å². The second-order valence-corrected chi connectivity index (χ2v) is 4.60. The molecule has 1 amide bonds. The van der Waals surface area contributed by atoms with Crippen molar-refractivity contribution in [3.63, 3.8) is 0 Å². The van der Waals surface area contributed by atoms with E-state index in [0.29, 0.717) is 18.7 Å². The van der Waals surface area contributed by atoms with Gasteiger partial charge in [0.25, 0.3) is 5.91 Å². The molecule has 0 radical (unpaired) electrons. The Balaban J connectivity index is 1.91. The first-order valence-electron chi connectivity index (χ1n) is 6.70. The Labute approximate surface area is 124 Å². The third kappa shape index (κ3) is 4.38. The van der Waals surface area contributed by atoms with E-state index < -0.39 is 0 Å². The first-order valence-corrected chi connectivity index (χ1v) is 6.70. The number of hydrogen-bond donors (Lipinski definition) is 3. The number of rotatable bonds is 6. The third-order valence-corrected chi connectivity index (χ3v) is 2.99. The predicted molar refractivity (Wildman–Crippen MR) is 84.4 cm³/mol. The summed E-state index contributed by atoms with van der Waals surface area (Å²) in [6.07, 6.45) is 1.64. The van der Waals surface area contributed by atoms with Gasteiger partial charge in [-0.1, -0.05) is 18.2 Å². The molecule has 2 aromatic rings. The molecule has 4 heteroatoms. The maximum absolute atomic E-state index is 11.7. The Bertz CT molecular complexity index is 604. The summed E-state index contributed by atoms with van der Waals surface area (Å²) >= 11 is 0. The number of phenols is 1. The first-order chi connectivity index (χ1) is 10.2. The molecule has 0 aromatic heterocycles. The topological polar surface area (TPSA) is 61.4 Å². The lowest BCUT2D eigenvalue weighted by Crippen LogP contribution is -2.23. The molecule has 0 aliphatic rings. The highest BCUT2D eigenvalue weighted by Crippen LogP contribution is 2.13. The van der Waals surface area contributed by atoms with Crippen molar-refractivity contribution in [2.24, 2.45) is 0 Å². The van der Waals surface area contributed by atoms with E-state index in [2.05, 4.69) is 17.2 Å². The number of nitrogens with one attached hydrogen (secondary N) is 2. The van der Waals surface area contributed by atoms with E-state index in [9.17, 15) is 9.90 Å². The molecule has 0 fully saturated rings. The van der Waals surface area contributed by atoms with Crippen LogP contribution in [0.5, 0.6) is 5.75 Å². The molecule has 21 heavy (non-hydrogen) atoms. The third-order valence-electron chi connectivity index (χ3n) is 2.99. The molecule has 0 aliphatic heterocycles. The van der Waals surface area contributed by atoms with Crippen molar-refractivity contribution in [3.05, 3.63) is 72.3 Å². The van der Waals surface area contributed by atoms with Crippen LogP contribution in [0.1, 0.15) is 15.9 Å². The summed E-state index contributed by atoms with van der Waals surface area (Å²) in [4.78, 5) is 11.7. The van der Waals surface area contributed by atoms with Crippen LogP contribution < -0.4 is 10.6 Å². The van der Waals surface area contributed by atoms with Crippen LogP contribution >= 0.6 is 0 Å². The summed E-state index contributed by atoms with van der Waals surface area (Å²) < 4.78 is 0. The van der Waals surface area contributed by atoms with E-state index in [0.717, 1.165) is 11.3 Å². The quantitative estimate of drug-likeness (QED) is 0.714. The van der Waals surface area contributed by atoms with Gasteiger partial charge in [0.15, 0.2) is 0 Å². The molecule has 108 valence electrons. The molecule has 2 rings (SSSR count). The average Bonchev–Trinajstić information content (AvgIpc) is 2.52. The van der Waals surface area contributed by atoms with Crippen molar-refractivity contribution in [1.29, 1.82) is 0 Å². The van der Waals surface area contributed by atoms with Crippen LogP contribution in [0.4, 0.5) is 5.69 Å². The lowest BCUT2D eigenvalue weighted by atomic mass is 10.1. The molecule has 0 saturated carbocycles. The maximum Gasteiger partial charge on any atom is 0.251 e. The van der Waals surface area contributed by atoms with Crippen LogP contribution in [-0.2, 0) is 6.54 Å². The average molecular weight is 282 g/mol. The first kappa shape index (κ1) is 14.7. The number of hydrogen-bond acceptors (Lipinski definition) is 3. The minimum absolute atomic E-state index is 0.111. The molecule has 0 aliphatic carbocycles. The van der Waals surface area contributed by atoms with Gasteiger partial charge in [0, 0.05) is 24.3 Å². The number of anilines is 1. The van der Waals surface area contributed by atoms with Crippen molar-refractivity contribution in [2.45, 2.75) is 6.54 Å². The molecule has 0 atom stereocenters. The van der Waals surface area contributed by atoms with Gasteiger partial charge in [0.2, 0.25) is 0 Å². The van der Waals surface area contributed by atoms with Crippen molar-refractivity contribution >= 4 is 11.6 Å². The highest BCUT2D eigenvalue weighted by Gasteiger charge is 2.03. The summed E-state index contributed by atoms with van der Waals surface area (Å²) in [6, 6.07) is 14.3. The lowest BCUT2D eigenvalue weighted by molar-refractivity contribution is 0.0958. The standard InChI is InChI=1S/C17H18N2O2/c1-2-11-18-17(21)14-5-7-15(8-6-14)19-12-13-3-9-16(20)10-4-13/h2-10,19-20H,1,11-12H2,(H,18,21). The second kappa shape index (κ2) is 7.14. The monoisotopic (exact) mass is 282 g/mol. The Morgan fingerprint density at radius 3 is 2.38 bits per heavy atom. The fourth-order valence-corrected chi connectivity index (χ4v) is 1.82. The minimum Gasteiger partial charge on any atom is -0.508 e. The van der Waals surface area contributed by atoms with Gasteiger partial charge in [-0.3, -0.25) is 4.79 Å². The number of amides is 1. The fourth-order valence-electron chi connectivity index (χ4n) is 1.82. The van der Waals surface area contributed by atoms with Crippen LogP contribution in [0.15, 0.2) is 61.2 Å². The van der Waals surface area contributed by atoms with E-state index in [1.807, 2.05) is 24.3 Å². The SMILES string of the molecule is C=CCNC(=O)c1ccc(NCc2ccc(O)cc2)cc1. The van der Waals surface area contributed by atoms with Gasteiger partial charge in [0.05, 0.1) is 0 Å². The lowest BCUT2D eigenvalue weighted by Gasteiger charge is -2.08. The van der Waals surface area contributed by atoms with Crippen LogP contribution in [-0.4, -0.2) is 17.6 Å². The normalized spacial score (nSPS) is 9.90. The zero-order valence-corrected chi connectivity index (χ0v) is 11.7. The number of aromatic hydroxyl groups is 1. The summed E-state index contributed by atoms with van der Waals surface area (Å²) in [7, 11) is 0. The van der Waals surface area contributed by atoms with E-state index in [4.69, 9.17) is 0 Å². The number of carbonyl (C=O) groups is 1. The largest absolute Gasteiger partial charge is 0.508 e. The van der Waals surface area contributed by atoms with Gasteiger partial charge in [0.1, 0.15) is 5.75 Å². The Morgan fingerprint density at radius 2 is 1.76 bits per heavy atom. The van der Waals surface area contributed by atoms with E-state index >= 15 is 0 Å². The predicted octanol–water partition coefficient (Wildman–Crippen LogP) is 2.92. The smallest absolute Gasteiger partial charge is 0.251 e. The Kier molecular flexibility index (Phi) is 4.99. The Morgan fingerprint density at radius 1 is 1.10 bits per heavy atom. The summed E-state index contributed by atoms with van der Waals surface area (Å²) in [5.41, 5.74) is 2.62. The molecular formula is C17H18N2O2. The van der Waals surface area contributed by atoms with Crippen LogP contribution in [0.25, 0.3) is 0 Å². The number of benzene rings is 2. The minimum atomic E-state index is -0.111. The van der Waals surface area contributed by atoms with Crippen LogP contribution in [0.2, 0.25) is 0 Å². The molecule has 3 N–H and O–H groups in total. The molecule has 0 saturated heterocycles. The highest BCUT2D eigenvalue weighted by atomic mass is 16.3. The van der Waals surface area contributed by atoms with Gasteiger partial charge in [-0.05, 0) is 42.0 Å². The molecule has 2 aromatic carbocycles. The van der Waals surface area contributed by atoms with E-state index in [1.54, 1.807) is 30.3 Å². The fraction of sp³-hybridized carbons (Fsp3) is 0.118. The molecule has 4 nitrogen and oxygen atoms in total. The molecule has 0 spiro atoms. The van der Waals surface area contributed by atoms with Crippen LogP contribution in [0.3, 0.4) is 0 Å². The highest BCUT2D eigenvalue weighted by molar-refractivity contribution is 5.94. The summed E-state index contributed by atoms with van der Waals surface area (Å²) in [5, 5.41) is 15.2. The van der Waals surface area contributed by atoms with Crippen molar-refractivity contribution in [3.8, 4) is 5.75 Å². The number of carbonyl (C=O) groups excluding carboxylic acids is 1. The molecule has 0 bridgehead atoms. The molecule has 0 unspecified atom stereocenters. The van der Waals surface area contributed by atoms with Gasteiger partial charge >= 0.3 is 0 Å². The molecular weight excluding hydrogens is 264 g/mol. The van der Waals surface area contributed by atoms with Crippen molar-refractivity contribution in [2.75, 3.05) is 11.9 Å². The van der Waals surface area contributed by atoms with Crippen molar-refractivity contribution in [1.82, 2.24) is 5.32 Å². The second-order valence-electron chi connectivity index (χ2n) is 4.60. The van der Waals surface area contributed by atoms with Gasteiger partial charge < -0.3 is 15.7 Å². The van der Waals surface area contributed by atoms with E-state index in [1.165, 1.54) is 0 Å². The summed E-state index contributed by atoms with van der Waals surface area (Å²) in [6.45, 7) is 4.67. The molecule has 0 heterocycles. The number of phenolic OH excluding ortho intramolecular Hbond substituents is 1. The Hall–Kier alpha value is -2.75. The van der Waals surface area contributed by atoms with Crippen molar-refractivity contribution < 1.29 is 9.90 Å². The zero-order chi connectivity index (χ0) is 15.1. The zero-order valence-electron chi connectivity index (χ0n) is 11.7. The van der Waals surface area contributed by atoms with E-state index in [-0.39, 0.29) is 11.7 Å².